The number of carbonyl (C=O) groups excluding carboxylic acids is 1. The monoisotopic (exact) mass is 424 g/mol. The number of aliphatic hydroxyl groups excluding tert-OH is 1. The standard InChI is InChI=1S/C21H25ClO5S/c1-2-15(13-27-18-9-14(11-23)8-17(22)10-18)16(12-24)4-3-5-19-6-7-20(28-19)21(25)26/h6-10,12,15-16,23H,2-5,11,13H2,1H3,(H,25,26)/t15-,16+/m1/s1. The van der Waals surface area contributed by atoms with Gasteiger partial charge in [0.05, 0.1) is 13.2 Å². The molecule has 2 atom stereocenters. The molecule has 2 N–H and O–H groups in total. The van der Waals surface area contributed by atoms with Crippen molar-refractivity contribution in [1.82, 2.24) is 0 Å². The molecule has 0 aliphatic carbocycles. The second-order valence-corrected chi connectivity index (χ2v) is 8.30. The normalized spacial score (nSPS) is 13.1. The third kappa shape index (κ3) is 6.62. The number of halogens is 1. The summed E-state index contributed by atoms with van der Waals surface area (Å²) in [6, 6.07) is 8.57. The number of aliphatic hydroxyl groups is 1. The lowest BCUT2D eigenvalue weighted by Crippen LogP contribution is -2.22. The first-order chi connectivity index (χ1) is 13.5. The molecule has 5 nitrogen and oxygen atoms in total. The van der Waals surface area contributed by atoms with E-state index in [1.807, 2.05) is 13.0 Å². The van der Waals surface area contributed by atoms with E-state index in [1.54, 1.807) is 24.3 Å². The number of aryl methyl sites for hydroxylation is 1. The maximum absolute atomic E-state index is 11.6. The molecule has 0 aliphatic rings. The van der Waals surface area contributed by atoms with Crippen molar-refractivity contribution >= 4 is 35.2 Å². The molecule has 0 radical (unpaired) electrons. The Morgan fingerprint density at radius 1 is 1.32 bits per heavy atom. The Hall–Kier alpha value is -1.89. The highest BCUT2D eigenvalue weighted by Crippen LogP contribution is 2.26. The second kappa shape index (κ2) is 11.2. The van der Waals surface area contributed by atoms with Crippen molar-refractivity contribution < 1.29 is 24.5 Å². The molecule has 2 aromatic rings. The van der Waals surface area contributed by atoms with Crippen molar-refractivity contribution in [1.29, 1.82) is 0 Å². The Morgan fingerprint density at radius 3 is 2.71 bits per heavy atom. The van der Waals surface area contributed by atoms with Crippen LogP contribution in [-0.2, 0) is 17.8 Å². The number of hydrogen-bond acceptors (Lipinski definition) is 5. The van der Waals surface area contributed by atoms with E-state index in [2.05, 4.69) is 0 Å². The topological polar surface area (TPSA) is 83.8 Å². The van der Waals surface area contributed by atoms with Gasteiger partial charge in [0.15, 0.2) is 0 Å². The molecule has 0 saturated carbocycles. The lowest BCUT2D eigenvalue weighted by Gasteiger charge is -2.22. The van der Waals surface area contributed by atoms with Crippen molar-refractivity contribution in [3.05, 3.63) is 50.7 Å². The van der Waals surface area contributed by atoms with Gasteiger partial charge in [0.2, 0.25) is 0 Å². The molecule has 1 aromatic carbocycles. The molecule has 0 fully saturated rings. The second-order valence-electron chi connectivity index (χ2n) is 6.70. The van der Waals surface area contributed by atoms with Gasteiger partial charge in [-0.05, 0) is 61.6 Å². The van der Waals surface area contributed by atoms with E-state index in [0.717, 1.165) is 36.8 Å². The Bertz CT molecular complexity index is 789. The molecule has 0 unspecified atom stereocenters. The number of benzene rings is 1. The largest absolute Gasteiger partial charge is 0.493 e. The number of thiophene rings is 1. The molecular formula is C21H25ClO5S. The molecule has 152 valence electrons. The number of carboxylic acid groups (broad SMARTS) is 1. The smallest absolute Gasteiger partial charge is 0.345 e. The number of rotatable bonds is 12. The number of ether oxygens (including phenoxy) is 1. The van der Waals surface area contributed by atoms with Crippen molar-refractivity contribution in [3.63, 3.8) is 0 Å². The zero-order valence-corrected chi connectivity index (χ0v) is 17.3. The summed E-state index contributed by atoms with van der Waals surface area (Å²) in [4.78, 5) is 23.9. The molecule has 0 bridgehead atoms. The van der Waals surface area contributed by atoms with Gasteiger partial charge in [-0.3, -0.25) is 0 Å². The van der Waals surface area contributed by atoms with Crippen molar-refractivity contribution in [2.75, 3.05) is 6.61 Å². The lowest BCUT2D eigenvalue weighted by molar-refractivity contribution is -0.113. The van der Waals surface area contributed by atoms with Crippen LogP contribution in [0.2, 0.25) is 5.02 Å². The van der Waals surface area contributed by atoms with E-state index < -0.39 is 5.97 Å². The van der Waals surface area contributed by atoms with Crippen LogP contribution in [0.4, 0.5) is 0 Å². The van der Waals surface area contributed by atoms with Gasteiger partial charge in [0.1, 0.15) is 16.9 Å². The first-order valence-corrected chi connectivity index (χ1v) is 10.5. The van der Waals surface area contributed by atoms with Crippen LogP contribution in [0, 0.1) is 11.8 Å². The minimum absolute atomic E-state index is 0.0759. The molecule has 0 saturated heterocycles. The van der Waals surface area contributed by atoms with Gasteiger partial charge < -0.3 is 19.7 Å². The summed E-state index contributed by atoms with van der Waals surface area (Å²) in [6.45, 7) is 2.31. The third-order valence-electron chi connectivity index (χ3n) is 4.72. The Morgan fingerprint density at radius 2 is 2.11 bits per heavy atom. The van der Waals surface area contributed by atoms with E-state index in [4.69, 9.17) is 21.4 Å². The lowest BCUT2D eigenvalue weighted by atomic mass is 9.87. The number of hydrogen-bond donors (Lipinski definition) is 2. The average molecular weight is 425 g/mol. The summed E-state index contributed by atoms with van der Waals surface area (Å²) in [6.07, 6.45) is 4.09. The quantitative estimate of drug-likeness (QED) is 0.476. The molecule has 0 aliphatic heterocycles. The van der Waals surface area contributed by atoms with E-state index in [-0.39, 0.29) is 18.4 Å². The summed E-state index contributed by atoms with van der Waals surface area (Å²) in [5, 5.41) is 18.8. The van der Waals surface area contributed by atoms with Crippen LogP contribution in [0.3, 0.4) is 0 Å². The number of aldehydes is 1. The number of carboxylic acids is 1. The van der Waals surface area contributed by atoms with E-state index in [9.17, 15) is 14.7 Å². The Kier molecular flexibility index (Phi) is 8.96. The summed E-state index contributed by atoms with van der Waals surface area (Å²) >= 11 is 7.31. The summed E-state index contributed by atoms with van der Waals surface area (Å²) in [5.41, 5.74) is 0.680. The molecule has 1 heterocycles. The first kappa shape index (κ1) is 22.4. The molecular weight excluding hydrogens is 400 g/mol. The van der Waals surface area contributed by atoms with Crippen LogP contribution in [0.5, 0.6) is 5.75 Å². The van der Waals surface area contributed by atoms with Gasteiger partial charge >= 0.3 is 5.97 Å². The highest BCUT2D eigenvalue weighted by atomic mass is 35.5. The van der Waals surface area contributed by atoms with Gasteiger partial charge in [-0.25, -0.2) is 4.79 Å². The predicted molar refractivity (Wildman–Crippen MR) is 110 cm³/mol. The fourth-order valence-electron chi connectivity index (χ4n) is 3.10. The van der Waals surface area contributed by atoms with Crippen LogP contribution in [0.15, 0.2) is 30.3 Å². The van der Waals surface area contributed by atoms with Gasteiger partial charge in [-0.15, -0.1) is 11.3 Å². The van der Waals surface area contributed by atoms with Crippen molar-refractivity contribution in [2.45, 2.75) is 39.2 Å². The Balaban J connectivity index is 1.88. The predicted octanol–water partition coefficient (Wildman–Crippen LogP) is 4.84. The van der Waals surface area contributed by atoms with Crippen LogP contribution in [0.1, 0.15) is 46.3 Å². The van der Waals surface area contributed by atoms with Crippen molar-refractivity contribution in [2.24, 2.45) is 11.8 Å². The van der Waals surface area contributed by atoms with Crippen molar-refractivity contribution in [3.8, 4) is 5.75 Å². The maximum Gasteiger partial charge on any atom is 0.345 e. The van der Waals surface area contributed by atoms with Gasteiger partial charge in [0, 0.05) is 21.7 Å². The summed E-state index contributed by atoms with van der Waals surface area (Å²) in [5.74, 6) is -0.373. The highest BCUT2D eigenvalue weighted by Gasteiger charge is 2.20. The third-order valence-corrected chi connectivity index (χ3v) is 6.07. The van der Waals surface area contributed by atoms with Gasteiger partial charge in [-0.1, -0.05) is 18.5 Å². The first-order valence-electron chi connectivity index (χ1n) is 9.27. The van der Waals surface area contributed by atoms with Crippen LogP contribution < -0.4 is 4.74 Å². The molecule has 1 aromatic heterocycles. The maximum atomic E-state index is 11.6. The molecule has 0 spiro atoms. The highest BCUT2D eigenvalue weighted by molar-refractivity contribution is 7.13. The van der Waals surface area contributed by atoms with Gasteiger partial charge in [-0.2, -0.15) is 0 Å². The zero-order chi connectivity index (χ0) is 20.5. The minimum Gasteiger partial charge on any atom is -0.493 e. The van der Waals surface area contributed by atoms with Crippen LogP contribution in [-0.4, -0.2) is 29.1 Å². The molecule has 7 heteroatoms. The number of carbonyl (C=O) groups is 2. The average Bonchev–Trinajstić information content (AvgIpc) is 3.15. The SMILES string of the molecule is CC[C@H](COc1cc(Cl)cc(CO)c1)[C@H](C=O)CCCc1ccc(C(=O)O)s1. The van der Waals surface area contributed by atoms with Crippen LogP contribution in [0.25, 0.3) is 0 Å². The molecule has 2 rings (SSSR count). The molecule has 28 heavy (non-hydrogen) atoms. The van der Waals surface area contributed by atoms with Gasteiger partial charge in [0.25, 0.3) is 0 Å². The minimum atomic E-state index is -0.907. The van der Waals surface area contributed by atoms with E-state index >= 15 is 0 Å². The zero-order valence-electron chi connectivity index (χ0n) is 15.8. The van der Waals surface area contributed by atoms with E-state index in [1.165, 1.54) is 11.3 Å². The fraction of sp³-hybridized carbons (Fsp3) is 0.429. The summed E-state index contributed by atoms with van der Waals surface area (Å²) in [7, 11) is 0. The van der Waals surface area contributed by atoms with E-state index in [0.29, 0.717) is 27.8 Å². The van der Waals surface area contributed by atoms with Crippen LogP contribution >= 0.6 is 22.9 Å². The molecule has 0 amide bonds. The Labute approximate surface area is 173 Å². The fourth-order valence-corrected chi connectivity index (χ4v) is 4.23. The summed E-state index contributed by atoms with van der Waals surface area (Å²) < 4.78 is 5.84. The number of aromatic carboxylic acids is 1.